The minimum absolute atomic E-state index is 0.167. The van der Waals surface area contributed by atoms with Crippen LogP contribution in [0.1, 0.15) is 43.1 Å². The number of aryl methyl sites for hydroxylation is 1. The molecular formula is C20H19N3O5S2. The predicted octanol–water partition coefficient (Wildman–Crippen LogP) is 2.27. The maximum absolute atomic E-state index is 13.1. The van der Waals surface area contributed by atoms with Crippen LogP contribution in [0.4, 0.5) is 5.00 Å². The zero-order chi connectivity index (χ0) is 22.2. The molecule has 1 aromatic carbocycles. The Morgan fingerprint density at radius 2 is 1.77 bits per heavy atom. The van der Waals surface area contributed by atoms with Gasteiger partial charge in [-0.3, -0.25) is 19.3 Å². The van der Waals surface area contributed by atoms with E-state index in [2.05, 4.69) is 5.32 Å². The minimum atomic E-state index is -3.45. The van der Waals surface area contributed by atoms with E-state index >= 15 is 0 Å². The smallest absolute Gasteiger partial charge is 0.262 e. The Bertz CT molecular complexity index is 1170. The zero-order valence-electron chi connectivity index (χ0n) is 16.6. The van der Waals surface area contributed by atoms with Crippen molar-refractivity contribution in [3.8, 4) is 6.07 Å². The van der Waals surface area contributed by atoms with Crippen LogP contribution >= 0.6 is 11.3 Å². The number of nitrogens with one attached hydrogen (secondary N) is 1. The average Bonchev–Trinajstić information content (AvgIpc) is 3.09. The van der Waals surface area contributed by atoms with Gasteiger partial charge in [-0.2, -0.15) is 5.26 Å². The lowest BCUT2D eigenvalue weighted by molar-refractivity contribution is -0.120. The second-order valence-electron chi connectivity index (χ2n) is 7.05. The lowest BCUT2D eigenvalue weighted by atomic mass is 10.1. The first-order chi connectivity index (χ1) is 14.0. The van der Waals surface area contributed by atoms with Crippen LogP contribution in [0.25, 0.3) is 0 Å². The van der Waals surface area contributed by atoms with Crippen molar-refractivity contribution in [1.82, 2.24) is 4.90 Å². The van der Waals surface area contributed by atoms with Gasteiger partial charge >= 0.3 is 0 Å². The molecule has 1 aliphatic heterocycles. The van der Waals surface area contributed by atoms with Gasteiger partial charge in [0.1, 0.15) is 26.9 Å². The standard InChI is InChI=1S/C20H19N3O5S2/c1-11-12(2)29-18(15(11)10-21)22-17(24)16(8-9-30(3,27)28)23-19(25)13-6-4-5-7-14(13)20(23)26/h4-7,16H,8-9H2,1-3H3,(H,22,24). The van der Waals surface area contributed by atoms with Gasteiger partial charge in [-0.05, 0) is 38.0 Å². The number of nitriles is 1. The molecule has 10 heteroatoms. The molecule has 156 valence electrons. The predicted molar refractivity (Wildman–Crippen MR) is 112 cm³/mol. The molecule has 3 amide bonds. The van der Waals surface area contributed by atoms with Gasteiger partial charge in [0.05, 0.1) is 22.4 Å². The summed E-state index contributed by atoms with van der Waals surface area (Å²) in [5.74, 6) is -2.40. The van der Waals surface area contributed by atoms with E-state index in [1.54, 1.807) is 19.1 Å². The molecular weight excluding hydrogens is 426 g/mol. The first-order valence-corrected chi connectivity index (χ1v) is 11.9. The highest BCUT2D eigenvalue weighted by molar-refractivity contribution is 7.90. The van der Waals surface area contributed by atoms with Gasteiger partial charge in [-0.15, -0.1) is 11.3 Å². The van der Waals surface area contributed by atoms with Crippen LogP contribution in [0.3, 0.4) is 0 Å². The molecule has 0 saturated carbocycles. The van der Waals surface area contributed by atoms with Crippen LogP contribution < -0.4 is 5.32 Å². The molecule has 1 N–H and O–H groups in total. The molecule has 1 aliphatic rings. The molecule has 0 aliphatic carbocycles. The van der Waals surface area contributed by atoms with E-state index in [1.165, 1.54) is 23.5 Å². The third kappa shape index (κ3) is 3.99. The lowest BCUT2D eigenvalue weighted by Gasteiger charge is -2.25. The molecule has 0 spiro atoms. The molecule has 1 aromatic heterocycles. The van der Waals surface area contributed by atoms with E-state index in [9.17, 15) is 28.1 Å². The van der Waals surface area contributed by atoms with Crippen molar-refractivity contribution < 1.29 is 22.8 Å². The van der Waals surface area contributed by atoms with Gasteiger partial charge in [-0.1, -0.05) is 12.1 Å². The van der Waals surface area contributed by atoms with Crippen molar-refractivity contribution in [2.24, 2.45) is 0 Å². The Kier molecular flexibility index (Phi) is 5.78. The summed E-state index contributed by atoms with van der Waals surface area (Å²) < 4.78 is 23.4. The SMILES string of the molecule is Cc1sc(NC(=O)C(CCS(C)(=O)=O)N2C(=O)c3ccccc3C2=O)c(C#N)c1C. The summed E-state index contributed by atoms with van der Waals surface area (Å²) in [6.07, 6.45) is 0.769. The Hall–Kier alpha value is -3.03. The number of anilines is 1. The summed E-state index contributed by atoms with van der Waals surface area (Å²) >= 11 is 1.21. The lowest BCUT2D eigenvalue weighted by Crippen LogP contribution is -2.48. The molecule has 8 nitrogen and oxygen atoms in total. The van der Waals surface area contributed by atoms with Crippen LogP contribution in [-0.4, -0.2) is 49.1 Å². The van der Waals surface area contributed by atoms with Gasteiger partial charge in [0.25, 0.3) is 11.8 Å². The number of benzene rings is 1. The summed E-state index contributed by atoms with van der Waals surface area (Å²) in [4.78, 5) is 40.4. The van der Waals surface area contributed by atoms with Crippen LogP contribution in [0.5, 0.6) is 0 Å². The Balaban J connectivity index is 1.97. The van der Waals surface area contributed by atoms with Crippen molar-refractivity contribution in [1.29, 1.82) is 5.26 Å². The van der Waals surface area contributed by atoms with Gasteiger partial charge < -0.3 is 5.32 Å². The summed E-state index contributed by atoms with van der Waals surface area (Å²) in [7, 11) is -3.45. The number of amides is 3. The number of sulfone groups is 1. The number of carbonyl (C=O) groups is 3. The second kappa shape index (κ2) is 8.01. The number of hydrogen-bond donors (Lipinski definition) is 1. The number of rotatable bonds is 6. The molecule has 1 atom stereocenters. The molecule has 0 radical (unpaired) electrons. The average molecular weight is 446 g/mol. The number of nitrogens with zero attached hydrogens (tertiary/aromatic N) is 2. The maximum atomic E-state index is 13.1. The first kappa shape index (κ1) is 21.7. The Labute approximate surface area is 178 Å². The van der Waals surface area contributed by atoms with Crippen molar-refractivity contribution >= 4 is 43.9 Å². The molecule has 0 saturated heterocycles. The first-order valence-electron chi connectivity index (χ1n) is 9.00. The summed E-state index contributed by atoms with van der Waals surface area (Å²) in [5, 5.41) is 12.3. The van der Waals surface area contributed by atoms with Crippen LogP contribution in [0.2, 0.25) is 0 Å². The van der Waals surface area contributed by atoms with Crippen molar-refractivity contribution in [2.45, 2.75) is 26.3 Å². The summed E-state index contributed by atoms with van der Waals surface area (Å²) in [5.41, 5.74) is 1.36. The number of fused-ring (bicyclic) bond motifs is 1. The quantitative estimate of drug-likeness (QED) is 0.680. The van der Waals surface area contributed by atoms with Crippen molar-refractivity contribution in [3.05, 3.63) is 51.4 Å². The van der Waals surface area contributed by atoms with Crippen LogP contribution in [0.15, 0.2) is 24.3 Å². The molecule has 30 heavy (non-hydrogen) atoms. The fraction of sp³-hybridized carbons (Fsp3) is 0.300. The normalized spacial score (nSPS) is 14.4. The molecule has 0 bridgehead atoms. The molecule has 0 fully saturated rings. The number of imide groups is 1. The van der Waals surface area contributed by atoms with E-state index in [-0.39, 0.29) is 23.3 Å². The van der Waals surface area contributed by atoms with Crippen LogP contribution in [-0.2, 0) is 14.6 Å². The number of hydrogen-bond acceptors (Lipinski definition) is 7. The number of carbonyl (C=O) groups excluding carboxylic acids is 3. The van der Waals surface area contributed by atoms with Gasteiger partial charge in [0.15, 0.2) is 0 Å². The molecule has 3 rings (SSSR count). The number of thiophene rings is 1. The van der Waals surface area contributed by atoms with E-state index < -0.39 is 33.6 Å². The van der Waals surface area contributed by atoms with Crippen molar-refractivity contribution in [3.63, 3.8) is 0 Å². The molecule has 2 aromatic rings. The maximum Gasteiger partial charge on any atom is 0.262 e. The summed E-state index contributed by atoms with van der Waals surface area (Å²) in [6, 6.07) is 6.89. The molecule has 1 unspecified atom stereocenters. The van der Waals surface area contributed by atoms with Gasteiger partial charge in [0.2, 0.25) is 5.91 Å². The third-order valence-electron chi connectivity index (χ3n) is 4.94. The Morgan fingerprint density at radius 3 is 2.27 bits per heavy atom. The highest BCUT2D eigenvalue weighted by Gasteiger charge is 2.43. The third-order valence-corrected chi connectivity index (χ3v) is 7.04. The van der Waals surface area contributed by atoms with E-state index in [4.69, 9.17) is 0 Å². The monoisotopic (exact) mass is 445 g/mol. The van der Waals surface area contributed by atoms with E-state index in [0.717, 1.165) is 21.6 Å². The minimum Gasteiger partial charge on any atom is -0.315 e. The largest absolute Gasteiger partial charge is 0.315 e. The fourth-order valence-corrected chi connectivity index (χ4v) is 4.90. The van der Waals surface area contributed by atoms with Crippen molar-refractivity contribution in [2.75, 3.05) is 17.3 Å². The van der Waals surface area contributed by atoms with Gasteiger partial charge in [0, 0.05) is 11.1 Å². The fourth-order valence-electron chi connectivity index (χ4n) is 3.24. The topological polar surface area (TPSA) is 124 Å². The highest BCUT2D eigenvalue weighted by atomic mass is 32.2. The van der Waals surface area contributed by atoms with Gasteiger partial charge in [-0.25, -0.2) is 8.42 Å². The molecule has 2 heterocycles. The van der Waals surface area contributed by atoms with E-state index in [0.29, 0.717) is 10.6 Å². The summed E-state index contributed by atoms with van der Waals surface area (Å²) in [6.45, 7) is 3.56. The zero-order valence-corrected chi connectivity index (χ0v) is 18.2. The van der Waals surface area contributed by atoms with E-state index in [1.807, 2.05) is 13.0 Å². The highest BCUT2D eigenvalue weighted by Crippen LogP contribution is 2.33. The second-order valence-corrected chi connectivity index (χ2v) is 10.5. The van der Waals surface area contributed by atoms with Crippen LogP contribution in [0, 0.1) is 25.2 Å². The Morgan fingerprint density at radius 1 is 1.20 bits per heavy atom.